The normalized spacial score (nSPS) is 24.8. The van der Waals surface area contributed by atoms with Gasteiger partial charge >= 0.3 is 12.0 Å². The Hall–Kier alpha value is -1.89. The summed E-state index contributed by atoms with van der Waals surface area (Å²) in [7, 11) is 2.09. The fourth-order valence-corrected chi connectivity index (χ4v) is 3.50. The zero-order valence-corrected chi connectivity index (χ0v) is 15.5. The molecule has 0 aromatic carbocycles. The fourth-order valence-electron chi connectivity index (χ4n) is 3.50. The van der Waals surface area contributed by atoms with Crippen LogP contribution < -0.4 is 10.1 Å². The van der Waals surface area contributed by atoms with E-state index < -0.39 is 0 Å². The van der Waals surface area contributed by atoms with Crippen LogP contribution in [0.3, 0.4) is 0 Å². The van der Waals surface area contributed by atoms with Crippen LogP contribution in [0, 0.1) is 13.8 Å². The molecule has 1 aromatic rings. The highest BCUT2D eigenvalue weighted by molar-refractivity contribution is 5.74. The van der Waals surface area contributed by atoms with Gasteiger partial charge in [0, 0.05) is 43.6 Å². The van der Waals surface area contributed by atoms with E-state index in [2.05, 4.69) is 27.2 Å². The number of ether oxygens (including phenoxy) is 1. The first-order chi connectivity index (χ1) is 12.0. The van der Waals surface area contributed by atoms with E-state index in [1.807, 2.05) is 24.8 Å². The number of piperazine rings is 1. The Balaban J connectivity index is 1.43. The summed E-state index contributed by atoms with van der Waals surface area (Å²) in [5.41, 5.74) is 1.85. The molecular formula is C18H29N5O2. The molecule has 0 unspecified atom stereocenters. The van der Waals surface area contributed by atoms with E-state index in [4.69, 9.17) is 4.74 Å². The third-order valence-electron chi connectivity index (χ3n) is 5.03. The van der Waals surface area contributed by atoms with Gasteiger partial charge in [0.25, 0.3) is 0 Å². The lowest BCUT2D eigenvalue weighted by Gasteiger charge is -2.35. The van der Waals surface area contributed by atoms with E-state index in [1.54, 1.807) is 0 Å². The predicted molar refractivity (Wildman–Crippen MR) is 95.8 cm³/mol. The fraction of sp³-hybridized carbons (Fsp3) is 0.722. The number of aromatic nitrogens is 2. The molecule has 0 atom stereocenters. The highest BCUT2D eigenvalue weighted by Crippen LogP contribution is 2.22. The average Bonchev–Trinajstić information content (AvgIpc) is 2.56. The van der Waals surface area contributed by atoms with Crippen LogP contribution >= 0.6 is 0 Å². The Bertz CT molecular complexity index is 573. The lowest BCUT2D eigenvalue weighted by atomic mass is 9.93. The molecule has 2 aliphatic rings. The van der Waals surface area contributed by atoms with Gasteiger partial charge in [0.2, 0.25) is 0 Å². The van der Waals surface area contributed by atoms with E-state index in [1.165, 1.54) is 0 Å². The number of nitrogens with zero attached hydrogens (tertiary/aromatic N) is 4. The molecule has 3 rings (SSSR count). The summed E-state index contributed by atoms with van der Waals surface area (Å²) < 4.78 is 5.95. The molecule has 7 heteroatoms. The Morgan fingerprint density at radius 1 is 1.08 bits per heavy atom. The molecule has 1 saturated heterocycles. The molecule has 2 fully saturated rings. The summed E-state index contributed by atoms with van der Waals surface area (Å²) in [6.07, 6.45) is 3.86. The molecule has 25 heavy (non-hydrogen) atoms. The monoisotopic (exact) mass is 347 g/mol. The Labute approximate surface area is 149 Å². The smallest absolute Gasteiger partial charge is 0.317 e. The summed E-state index contributed by atoms with van der Waals surface area (Å²) in [6.45, 7) is 7.42. The number of rotatable bonds is 3. The first-order valence-electron chi connectivity index (χ1n) is 9.22. The van der Waals surface area contributed by atoms with Crippen molar-refractivity contribution in [3.05, 3.63) is 17.5 Å². The maximum absolute atomic E-state index is 12.4. The van der Waals surface area contributed by atoms with Crippen molar-refractivity contribution in [3.63, 3.8) is 0 Å². The summed E-state index contributed by atoms with van der Waals surface area (Å²) >= 11 is 0. The van der Waals surface area contributed by atoms with E-state index in [-0.39, 0.29) is 18.2 Å². The van der Waals surface area contributed by atoms with Gasteiger partial charge in [-0.05, 0) is 52.6 Å². The Morgan fingerprint density at radius 2 is 1.68 bits per heavy atom. The van der Waals surface area contributed by atoms with Gasteiger partial charge in [-0.15, -0.1) is 0 Å². The van der Waals surface area contributed by atoms with Crippen LogP contribution in [0.5, 0.6) is 6.01 Å². The molecule has 1 aliphatic carbocycles. The van der Waals surface area contributed by atoms with Gasteiger partial charge in [0.15, 0.2) is 0 Å². The number of urea groups is 1. The number of carbonyl (C=O) groups excluding carboxylic acids is 1. The number of nitrogens with one attached hydrogen (secondary N) is 1. The second-order valence-electron chi connectivity index (χ2n) is 7.26. The van der Waals surface area contributed by atoms with Crippen molar-refractivity contribution >= 4 is 6.03 Å². The van der Waals surface area contributed by atoms with Gasteiger partial charge in [0.1, 0.15) is 6.10 Å². The maximum Gasteiger partial charge on any atom is 0.317 e. The minimum atomic E-state index is 0.0788. The van der Waals surface area contributed by atoms with Crippen molar-refractivity contribution in [1.82, 2.24) is 25.1 Å². The van der Waals surface area contributed by atoms with Gasteiger partial charge in [-0.1, -0.05) is 0 Å². The van der Waals surface area contributed by atoms with Gasteiger partial charge < -0.3 is 19.9 Å². The van der Waals surface area contributed by atoms with E-state index in [0.29, 0.717) is 6.01 Å². The highest BCUT2D eigenvalue weighted by atomic mass is 16.5. The van der Waals surface area contributed by atoms with Crippen LogP contribution in [0.2, 0.25) is 0 Å². The predicted octanol–water partition coefficient (Wildman–Crippen LogP) is 1.74. The number of aryl methyl sites for hydroxylation is 2. The molecule has 7 nitrogen and oxygen atoms in total. The molecule has 0 radical (unpaired) electrons. The van der Waals surface area contributed by atoms with Crippen LogP contribution in [0.1, 0.15) is 37.1 Å². The van der Waals surface area contributed by atoms with Crippen molar-refractivity contribution in [2.45, 2.75) is 51.7 Å². The molecule has 1 aliphatic heterocycles. The Morgan fingerprint density at radius 3 is 2.28 bits per heavy atom. The Kier molecular flexibility index (Phi) is 5.73. The minimum Gasteiger partial charge on any atom is -0.460 e. The van der Waals surface area contributed by atoms with Gasteiger partial charge in [0.05, 0.1) is 0 Å². The highest BCUT2D eigenvalue weighted by Gasteiger charge is 2.26. The third-order valence-corrected chi connectivity index (χ3v) is 5.03. The van der Waals surface area contributed by atoms with Crippen LogP contribution in [0.4, 0.5) is 4.79 Å². The molecular weight excluding hydrogens is 318 g/mol. The maximum atomic E-state index is 12.4. The van der Waals surface area contributed by atoms with Gasteiger partial charge in [-0.2, -0.15) is 0 Å². The zero-order valence-electron chi connectivity index (χ0n) is 15.5. The minimum absolute atomic E-state index is 0.0788. The molecule has 2 amide bonds. The number of carbonyl (C=O) groups is 1. The van der Waals surface area contributed by atoms with E-state index in [0.717, 1.165) is 63.3 Å². The molecule has 138 valence electrons. The largest absolute Gasteiger partial charge is 0.460 e. The van der Waals surface area contributed by atoms with Crippen molar-refractivity contribution in [2.24, 2.45) is 0 Å². The summed E-state index contributed by atoms with van der Waals surface area (Å²) in [5.74, 6) is 0. The van der Waals surface area contributed by atoms with Crippen molar-refractivity contribution < 1.29 is 9.53 Å². The number of amides is 2. The molecule has 1 N–H and O–H groups in total. The number of hydrogen-bond donors (Lipinski definition) is 1. The van der Waals surface area contributed by atoms with Crippen LogP contribution in [0.15, 0.2) is 6.07 Å². The summed E-state index contributed by atoms with van der Waals surface area (Å²) in [4.78, 5) is 25.2. The van der Waals surface area contributed by atoms with Crippen molar-refractivity contribution in [2.75, 3.05) is 33.2 Å². The van der Waals surface area contributed by atoms with Gasteiger partial charge in [-0.3, -0.25) is 0 Å². The summed E-state index contributed by atoms with van der Waals surface area (Å²) in [5, 5.41) is 3.19. The standard InChI is InChI=1S/C18H29N5O2/c1-13-12-14(2)20-17(19-13)25-16-6-4-15(5-7-16)21-18(24)23-10-8-22(3)9-11-23/h12,15-16H,4-11H2,1-3H3,(H,21,24). The molecule has 0 spiro atoms. The van der Waals surface area contributed by atoms with Crippen LogP contribution in [-0.4, -0.2) is 71.2 Å². The molecule has 0 bridgehead atoms. The lowest BCUT2D eigenvalue weighted by molar-refractivity contribution is 0.120. The SMILES string of the molecule is Cc1cc(C)nc(OC2CCC(NC(=O)N3CCN(C)CC3)CC2)n1. The van der Waals surface area contributed by atoms with E-state index >= 15 is 0 Å². The molecule has 1 aromatic heterocycles. The van der Waals surface area contributed by atoms with Crippen LogP contribution in [-0.2, 0) is 0 Å². The van der Waals surface area contributed by atoms with E-state index in [9.17, 15) is 4.79 Å². The van der Waals surface area contributed by atoms with Crippen molar-refractivity contribution in [3.8, 4) is 6.01 Å². The lowest BCUT2D eigenvalue weighted by Crippen LogP contribution is -2.53. The molecule has 2 heterocycles. The topological polar surface area (TPSA) is 70.6 Å². The average molecular weight is 347 g/mol. The second-order valence-corrected chi connectivity index (χ2v) is 7.26. The first kappa shape index (κ1) is 17.9. The van der Waals surface area contributed by atoms with Gasteiger partial charge in [-0.25, -0.2) is 14.8 Å². The number of hydrogen-bond acceptors (Lipinski definition) is 5. The zero-order chi connectivity index (χ0) is 17.8. The third kappa shape index (κ3) is 5.04. The summed E-state index contributed by atoms with van der Waals surface area (Å²) in [6, 6.07) is 2.74. The number of likely N-dealkylation sites (N-methyl/N-ethyl adjacent to an activating group) is 1. The second kappa shape index (κ2) is 7.99. The molecule has 1 saturated carbocycles. The van der Waals surface area contributed by atoms with Crippen molar-refractivity contribution in [1.29, 1.82) is 0 Å². The van der Waals surface area contributed by atoms with Crippen LogP contribution in [0.25, 0.3) is 0 Å². The first-order valence-corrected chi connectivity index (χ1v) is 9.22. The quantitative estimate of drug-likeness (QED) is 0.902.